The number of nitriles is 1. The Hall–Kier alpha value is -2.78. The molecule has 0 aliphatic rings. The Bertz CT molecular complexity index is 759. The number of aromatic nitrogens is 3. The smallest absolute Gasteiger partial charge is 0.158 e. The number of hydrogen-bond acceptors (Lipinski definition) is 6. The van der Waals surface area contributed by atoms with Gasteiger partial charge in [0.2, 0.25) is 0 Å². The normalized spacial score (nSPS) is 10.0. The Balaban J connectivity index is 1.66. The molecule has 0 saturated heterocycles. The highest BCUT2D eigenvalue weighted by atomic mass is 32.1. The van der Waals surface area contributed by atoms with Crippen LogP contribution in [0.15, 0.2) is 48.1 Å². The second-order valence-corrected chi connectivity index (χ2v) is 5.19. The number of anilines is 1. The highest BCUT2D eigenvalue weighted by Gasteiger charge is 2.04. The molecule has 0 radical (unpaired) electrons. The topological polar surface area (TPSA) is 74.5 Å². The van der Waals surface area contributed by atoms with Gasteiger partial charge in [0, 0.05) is 10.9 Å². The van der Waals surface area contributed by atoms with Gasteiger partial charge in [-0.15, -0.1) is 11.3 Å². The zero-order chi connectivity index (χ0) is 14.5. The summed E-state index contributed by atoms with van der Waals surface area (Å²) in [6, 6.07) is 12.0. The molecule has 1 N–H and O–H groups in total. The Morgan fingerprint density at radius 2 is 2.00 bits per heavy atom. The molecule has 6 heteroatoms. The van der Waals surface area contributed by atoms with Crippen molar-refractivity contribution in [2.45, 2.75) is 6.54 Å². The minimum Gasteiger partial charge on any atom is -0.362 e. The van der Waals surface area contributed by atoms with Crippen molar-refractivity contribution in [2.75, 3.05) is 5.32 Å². The van der Waals surface area contributed by atoms with Gasteiger partial charge in [-0.1, -0.05) is 30.3 Å². The van der Waals surface area contributed by atoms with Crippen LogP contribution in [0.2, 0.25) is 0 Å². The molecular weight excluding hydrogens is 282 g/mol. The van der Waals surface area contributed by atoms with Crippen LogP contribution in [0, 0.1) is 11.3 Å². The van der Waals surface area contributed by atoms with Crippen LogP contribution in [0.1, 0.15) is 10.7 Å². The van der Waals surface area contributed by atoms with Crippen molar-refractivity contribution in [3.05, 3.63) is 58.8 Å². The predicted molar refractivity (Wildman–Crippen MR) is 81.6 cm³/mol. The van der Waals surface area contributed by atoms with E-state index in [1.807, 2.05) is 41.8 Å². The summed E-state index contributed by atoms with van der Waals surface area (Å²) in [7, 11) is 0. The summed E-state index contributed by atoms with van der Waals surface area (Å²) in [4.78, 5) is 12.7. The molecule has 0 atom stereocenters. The summed E-state index contributed by atoms with van der Waals surface area (Å²) in [5, 5.41) is 14.8. The Kier molecular flexibility index (Phi) is 3.85. The van der Waals surface area contributed by atoms with Gasteiger partial charge < -0.3 is 5.32 Å². The lowest BCUT2D eigenvalue weighted by Gasteiger charge is -2.01. The lowest BCUT2D eigenvalue weighted by atomic mass is 10.2. The fraction of sp³-hybridized carbons (Fsp3) is 0.0667. The van der Waals surface area contributed by atoms with Crippen molar-refractivity contribution in [3.63, 3.8) is 0 Å². The molecule has 5 nitrogen and oxygen atoms in total. The molecule has 0 spiro atoms. The van der Waals surface area contributed by atoms with Gasteiger partial charge in [-0.2, -0.15) is 5.26 Å². The second-order valence-electron chi connectivity index (χ2n) is 4.24. The maximum atomic E-state index is 8.67. The van der Waals surface area contributed by atoms with Crippen LogP contribution in [0.25, 0.3) is 11.3 Å². The van der Waals surface area contributed by atoms with E-state index in [0.29, 0.717) is 18.1 Å². The van der Waals surface area contributed by atoms with Crippen LogP contribution in [-0.4, -0.2) is 15.0 Å². The van der Waals surface area contributed by atoms with Crippen LogP contribution < -0.4 is 5.32 Å². The maximum absolute atomic E-state index is 8.67. The number of hydrogen-bond donors (Lipinski definition) is 1. The third kappa shape index (κ3) is 3.22. The van der Waals surface area contributed by atoms with Crippen molar-refractivity contribution in [1.82, 2.24) is 15.0 Å². The zero-order valence-corrected chi connectivity index (χ0v) is 11.8. The summed E-state index contributed by atoms with van der Waals surface area (Å²) in [5.41, 5.74) is 2.39. The Morgan fingerprint density at radius 1 is 1.14 bits per heavy atom. The van der Waals surface area contributed by atoms with Gasteiger partial charge in [0.25, 0.3) is 0 Å². The van der Waals surface area contributed by atoms with Crippen molar-refractivity contribution >= 4 is 17.2 Å². The van der Waals surface area contributed by atoms with Gasteiger partial charge in [-0.25, -0.2) is 15.0 Å². The third-order valence-corrected chi connectivity index (χ3v) is 3.66. The highest BCUT2D eigenvalue weighted by Crippen LogP contribution is 2.21. The molecule has 0 saturated carbocycles. The molecule has 2 heterocycles. The van der Waals surface area contributed by atoms with Crippen molar-refractivity contribution in [2.24, 2.45) is 0 Å². The van der Waals surface area contributed by atoms with Gasteiger partial charge in [0.15, 0.2) is 5.69 Å². The Labute approximate surface area is 126 Å². The monoisotopic (exact) mass is 293 g/mol. The first-order chi connectivity index (χ1) is 10.3. The number of rotatable bonds is 4. The first-order valence-corrected chi connectivity index (χ1v) is 7.19. The molecule has 0 aliphatic carbocycles. The first kappa shape index (κ1) is 13.2. The quantitative estimate of drug-likeness (QED) is 0.800. The molecule has 3 rings (SSSR count). The standard InChI is InChI=1S/C15H11N5S/c16-6-12-7-18-14(8-17-12)19-9-15-20-13(10-21-15)11-4-2-1-3-5-11/h1-5,7-8,10H,9H2,(H,18,19). The van der Waals surface area contributed by atoms with Gasteiger partial charge in [-0.05, 0) is 0 Å². The van der Waals surface area contributed by atoms with Gasteiger partial charge in [0.05, 0.1) is 24.6 Å². The lowest BCUT2D eigenvalue weighted by molar-refractivity contribution is 1.06. The maximum Gasteiger partial charge on any atom is 0.158 e. The minimum absolute atomic E-state index is 0.307. The molecule has 0 aliphatic heterocycles. The van der Waals surface area contributed by atoms with Gasteiger partial charge in [0.1, 0.15) is 16.9 Å². The van der Waals surface area contributed by atoms with Crippen LogP contribution in [-0.2, 0) is 6.54 Å². The lowest BCUT2D eigenvalue weighted by Crippen LogP contribution is -2.01. The van der Waals surface area contributed by atoms with E-state index in [4.69, 9.17) is 5.26 Å². The van der Waals surface area contributed by atoms with E-state index < -0.39 is 0 Å². The number of nitrogens with one attached hydrogen (secondary N) is 1. The van der Waals surface area contributed by atoms with Gasteiger partial charge in [-0.3, -0.25) is 0 Å². The van der Waals surface area contributed by atoms with Crippen molar-refractivity contribution in [1.29, 1.82) is 5.26 Å². The average Bonchev–Trinajstić information content (AvgIpc) is 3.03. The van der Waals surface area contributed by atoms with E-state index in [1.54, 1.807) is 17.5 Å². The van der Waals surface area contributed by atoms with Crippen molar-refractivity contribution < 1.29 is 0 Å². The molecule has 2 aromatic heterocycles. The minimum atomic E-state index is 0.307. The van der Waals surface area contributed by atoms with E-state index in [9.17, 15) is 0 Å². The molecule has 0 fully saturated rings. The third-order valence-electron chi connectivity index (χ3n) is 2.81. The zero-order valence-electron chi connectivity index (χ0n) is 11.0. The molecular formula is C15H11N5S. The number of benzene rings is 1. The Morgan fingerprint density at radius 3 is 2.71 bits per heavy atom. The molecule has 0 unspecified atom stereocenters. The van der Waals surface area contributed by atoms with Crippen LogP contribution in [0.3, 0.4) is 0 Å². The van der Waals surface area contributed by atoms with Crippen LogP contribution in [0.5, 0.6) is 0 Å². The van der Waals surface area contributed by atoms with Crippen molar-refractivity contribution in [3.8, 4) is 17.3 Å². The predicted octanol–water partition coefficient (Wildman–Crippen LogP) is 3.08. The summed E-state index contributed by atoms with van der Waals surface area (Å²) >= 11 is 1.60. The molecule has 3 aromatic rings. The largest absolute Gasteiger partial charge is 0.362 e. The molecule has 0 bridgehead atoms. The van der Waals surface area contributed by atoms with Gasteiger partial charge >= 0.3 is 0 Å². The van der Waals surface area contributed by atoms with Crippen LogP contribution >= 0.6 is 11.3 Å². The molecule has 0 amide bonds. The summed E-state index contributed by atoms with van der Waals surface area (Å²) in [5.74, 6) is 0.630. The fourth-order valence-corrected chi connectivity index (χ4v) is 2.52. The average molecular weight is 293 g/mol. The SMILES string of the molecule is N#Cc1cnc(NCc2nc(-c3ccccc3)cs2)cn1. The highest BCUT2D eigenvalue weighted by molar-refractivity contribution is 7.09. The van der Waals surface area contributed by atoms with E-state index in [2.05, 4.69) is 20.3 Å². The molecule has 21 heavy (non-hydrogen) atoms. The van der Waals surface area contributed by atoms with E-state index >= 15 is 0 Å². The number of nitrogens with zero attached hydrogens (tertiary/aromatic N) is 4. The van der Waals surface area contributed by atoms with E-state index in [-0.39, 0.29) is 0 Å². The van der Waals surface area contributed by atoms with Crippen LogP contribution in [0.4, 0.5) is 5.82 Å². The summed E-state index contributed by atoms with van der Waals surface area (Å²) in [6.45, 7) is 0.581. The molecule has 1 aromatic carbocycles. The summed E-state index contributed by atoms with van der Waals surface area (Å²) < 4.78 is 0. The fourth-order valence-electron chi connectivity index (χ4n) is 1.78. The van der Waals surface area contributed by atoms with E-state index in [1.165, 1.54) is 6.20 Å². The molecule has 102 valence electrons. The van der Waals surface area contributed by atoms with E-state index in [0.717, 1.165) is 16.3 Å². The number of thiazole rings is 1. The summed E-state index contributed by atoms with van der Waals surface area (Å²) in [6.07, 6.45) is 2.99. The second kappa shape index (κ2) is 6.11. The first-order valence-electron chi connectivity index (χ1n) is 6.31.